The van der Waals surface area contributed by atoms with Gasteiger partial charge in [0.25, 0.3) is 11.6 Å². The molecule has 1 aliphatic heterocycles. The van der Waals surface area contributed by atoms with Gasteiger partial charge >= 0.3 is 0 Å². The van der Waals surface area contributed by atoms with Crippen LogP contribution in [-0.2, 0) is 4.79 Å². The van der Waals surface area contributed by atoms with E-state index >= 15 is 0 Å². The van der Waals surface area contributed by atoms with Crippen LogP contribution in [0.15, 0.2) is 48.5 Å². The summed E-state index contributed by atoms with van der Waals surface area (Å²) in [6.07, 6.45) is 0. The molecule has 29 heavy (non-hydrogen) atoms. The van der Waals surface area contributed by atoms with Gasteiger partial charge in [0.15, 0.2) is 11.7 Å². The molecule has 1 N–H and O–H groups in total. The normalized spacial score (nSPS) is 13.7. The third kappa shape index (κ3) is 5.78. The Balaban J connectivity index is 1.43. The van der Waals surface area contributed by atoms with Crippen LogP contribution in [0.25, 0.3) is 0 Å². The quantitative estimate of drug-likeness (QED) is 0.439. The number of thiocarbonyl (C=S) groups is 1. The second-order valence-electron chi connectivity index (χ2n) is 6.34. The molecule has 1 saturated heterocycles. The van der Waals surface area contributed by atoms with E-state index in [1.54, 1.807) is 36.4 Å². The Morgan fingerprint density at radius 2 is 1.72 bits per heavy atom. The van der Waals surface area contributed by atoms with Crippen molar-refractivity contribution in [1.29, 1.82) is 0 Å². The minimum Gasteiger partial charge on any atom is -0.484 e. The number of rotatable bonds is 5. The molecule has 152 valence electrons. The van der Waals surface area contributed by atoms with Crippen molar-refractivity contribution in [2.75, 3.05) is 37.7 Å². The number of ether oxygens (including phenoxy) is 1. The summed E-state index contributed by atoms with van der Waals surface area (Å²) in [4.78, 5) is 26.4. The topological polar surface area (TPSA) is 88.0 Å². The Morgan fingerprint density at radius 3 is 2.31 bits per heavy atom. The average molecular weight is 435 g/mol. The highest BCUT2D eigenvalue weighted by atomic mass is 35.5. The Hall–Kier alpha value is -2.91. The lowest BCUT2D eigenvalue weighted by atomic mass is 10.2. The highest BCUT2D eigenvalue weighted by molar-refractivity contribution is 7.80. The number of hydrogen-bond acceptors (Lipinski definition) is 6. The minimum absolute atomic E-state index is 0.0668. The van der Waals surface area contributed by atoms with E-state index in [2.05, 4.69) is 10.2 Å². The molecule has 0 aliphatic carbocycles. The summed E-state index contributed by atoms with van der Waals surface area (Å²) in [5.74, 6) is 0.218. The molecule has 1 aliphatic rings. The molecule has 0 unspecified atom stereocenters. The van der Waals surface area contributed by atoms with Crippen LogP contribution >= 0.6 is 23.8 Å². The summed E-state index contributed by atoms with van der Waals surface area (Å²) in [7, 11) is 0. The minimum atomic E-state index is -0.417. The van der Waals surface area contributed by atoms with Gasteiger partial charge < -0.3 is 19.9 Å². The van der Waals surface area contributed by atoms with E-state index in [0.717, 1.165) is 5.69 Å². The van der Waals surface area contributed by atoms with Gasteiger partial charge in [-0.1, -0.05) is 11.6 Å². The van der Waals surface area contributed by atoms with Crippen LogP contribution in [0.3, 0.4) is 0 Å². The first-order valence-corrected chi connectivity index (χ1v) is 9.67. The molecule has 0 radical (unpaired) electrons. The van der Waals surface area contributed by atoms with Gasteiger partial charge in [-0.3, -0.25) is 14.9 Å². The van der Waals surface area contributed by atoms with Crippen LogP contribution in [0.4, 0.5) is 11.4 Å². The SMILES string of the molecule is O=C(COc1ccc(Cl)cc1)NC(=S)N1CCN(c2ccc([N+](=O)[O-])cc2)CC1. The van der Waals surface area contributed by atoms with Crippen LogP contribution < -0.4 is 15.0 Å². The Labute approximate surface area is 178 Å². The Kier molecular flexibility index (Phi) is 6.84. The van der Waals surface area contributed by atoms with E-state index in [9.17, 15) is 14.9 Å². The van der Waals surface area contributed by atoms with Crippen LogP contribution in [0.2, 0.25) is 5.02 Å². The van der Waals surface area contributed by atoms with Crippen molar-refractivity contribution in [3.05, 3.63) is 63.7 Å². The van der Waals surface area contributed by atoms with E-state index in [4.69, 9.17) is 28.6 Å². The van der Waals surface area contributed by atoms with E-state index in [1.807, 2.05) is 4.90 Å². The summed E-state index contributed by atoms with van der Waals surface area (Å²) in [6, 6.07) is 13.2. The lowest BCUT2D eigenvalue weighted by molar-refractivity contribution is -0.384. The summed E-state index contributed by atoms with van der Waals surface area (Å²) in [6.45, 7) is 2.50. The van der Waals surface area contributed by atoms with Crippen LogP contribution in [0.5, 0.6) is 5.75 Å². The summed E-state index contributed by atoms with van der Waals surface area (Å²) >= 11 is 11.1. The number of non-ortho nitro benzene ring substituents is 1. The predicted molar refractivity (Wildman–Crippen MR) is 115 cm³/mol. The molecule has 1 heterocycles. The zero-order chi connectivity index (χ0) is 20.8. The van der Waals surface area contributed by atoms with Crippen molar-refractivity contribution in [2.24, 2.45) is 0 Å². The molecular formula is C19H19ClN4O4S. The van der Waals surface area contributed by atoms with Crippen molar-refractivity contribution < 1.29 is 14.5 Å². The third-order valence-corrected chi connectivity index (χ3v) is 5.03. The first-order valence-electron chi connectivity index (χ1n) is 8.89. The molecule has 2 aromatic rings. The number of nitrogens with one attached hydrogen (secondary N) is 1. The molecule has 8 nitrogen and oxygen atoms in total. The number of carbonyl (C=O) groups excluding carboxylic acids is 1. The zero-order valence-electron chi connectivity index (χ0n) is 15.4. The summed E-state index contributed by atoms with van der Waals surface area (Å²) in [5.41, 5.74) is 0.985. The largest absolute Gasteiger partial charge is 0.484 e. The second-order valence-corrected chi connectivity index (χ2v) is 7.17. The molecule has 10 heteroatoms. The number of halogens is 1. The number of hydrogen-bond donors (Lipinski definition) is 1. The summed E-state index contributed by atoms with van der Waals surface area (Å²) in [5, 5.41) is 14.4. The van der Waals surface area contributed by atoms with Gasteiger partial charge in [-0.25, -0.2) is 0 Å². The van der Waals surface area contributed by atoms with Crippen molar-refractivity contribution in [2.45, 2.75) is 0 Å². The average Bonchev–Trinajstić information content (AvgIpc) is 2.73. The molecule has 0 aromatic heterocycles. The zero-order valence-corrected chi connectivity index (χ0v) is 17.0. The maximum atomic E-state index is 12.1. The van der Waals surface area contributed by atoms with Crippen molar-refractivity contribution >= 4 is 46.2 Å². The highest BCUT2D eigenvalue weighted by Crippen LogP contribution is 2.20. The molecule has 0 saturated carbocycles. The van der Waals surface area contributed by atoms with Gasteiger partial charge in [0, 0.05) is 49.0 Å². The number of piperazine rings is 1. The molecule has 0 bridgehead atoms. The van der Waals surface area contributed by atoms with Gasteiger partial charge in [0.2, 0.25) is 0 Å². The number of anilines is 1. The first-order chi connectivity index (χ1) is 13.9. The molecular weight excluding hydrogens is 416 g/mol. The molecule has 1 fully saturated rings. The van der Waals surface area contributed by atoms with Gasteiger partial charge in [-0.2, -0.15) is 0 Å². The van der Waals surface area contributed by atoms with Crippen molar-refractivity contribution in [3.63, 3.8) is 0 Å². The molecule has 0 atom stereocenters. The van der Waals surface area contributed by atoms with Crippen molar-refractivity contribution in [3.8, 4) is 5.75 Å². The first kappa shape index (κ1) is 20.8. The Morgan fingerprint density at radius 1 is 1.10 bits per heavy atom. The number of amides is 1. The number of nitrogens with zero attached hydrogens (tertiary/aromatic N) is 3. The smallest absolute Gasteiger partial charge is 0.269 e. The Bertz CT molecular complexity index is 884. The van der Waals surface area contributed by atoms with E-state index in [-0.39, 0.29) is 18.2 Å². The highest BCUT2D eigenvalue weighted by Gasteiger charge is 2.21. The van der Waals surface area contributed by atoms with Crippen molar-refractivity contribution in [1.82, 2.24) is 10.2 Å². The number of nitro groups is 1. The second kappa shape index (κ2) is 9.53. The van der Waals surface area contributed by atoms with E-state index in [1.165, 1.54) is 12.1 Å². The fourth-order valence-electron chi connectivity index (χ4n) is 2.87. The molecule has 2 aromatic carbocycles. The predicted octanol–water partition coefficient (Wildman–Crippen LogP) is 2.85. The van der Waals surface area contributed by atoms with E-state index < -0.39 is 4.92 Å². The maximum Gasteiger partial charge on any atom is 0.269 e. The number of carbonyl (C=O) groups is 1. The third-order valence-electron chi connectivity index (χ3n) is 4.42. The summed E-state index contributed by atoms with van der Waals surface area (Å²) < 4.78 is 5.41. The van der Waals surface area contributed by atoms with Gasteiger partial charge in [-0.15, -0.1) is 0 Å². The van der Waals surface area contributed by atoms with E-state index in [0.29, 0.717) is 42.1 Å². The van der Waals surface area contributed by atoms with Gasteiger partial charge in [0.1, 0.15) is 5.75 Å². The van der Waals surface area contributed by atoms with Crippen LogP contribution in [0, 0.1) is 10.1 Å². The standard InChI is InChI=1S/C19H19ClN4O4S/c20-14-1-7-17(8-2-14)28-13-18(25)21-19(29)23-11-9-22(10-12-23)15-3-5-16(6-4-15)24(26)27/h1-8H,9-13H2,(H,21,25,29). The fraction of sp³-hybridized carbons (Fsp3) is 0.263. The fourth-order valence-corrected chi connectivity index (χ4v) is 3.29. The van der Waals surface area contributed by atoms with Crippen LogP contribution in [0.1, 0.15) is 0 Å². The van der Waals surface area contributed by atoms with Gasteiger partial charge in [0.05, 0.1) is 4.92 Å². The molecule has 3 rings (SSSR count). The lowest BCUT2D eigenvalue weighted by Crippen LogP contribution is -2.53. The number of nitro benzene ring substituents is 1. The molecule has 1 amide bonds. The maximum absolute atomic E-state index is 12.1. The molecule has 0 spiro atoms. The number of benzene rings is 2. The lowest BCUT2D eigenvalue weighted by Gasteiger charge is -2.37. The monoisotopic (exact) mass is 434 g/mol. The van der Waals surface area contributed by atoms with Gasteiger partial charge in [-0.05, 0) is 48.6 Å². The van der Waals surface area contributed by atoms with Crippen LogP contribution in [-0.4, -0.2) is 53.6 Å².